The molecule has 1 aliphatic heterocycles. The van der Waals surface area contributed by atoms with Crippen LogP contribution < -0.4 is 16.0 Å². The summed E-state index contributed by atoms with van der Waals surface area (Å²) < 4.78 is 0. The number of anilines is 1. The highest BCUT2D eigenvalue weighted by Crippen LogP contribution is 2.11. The van der Waals surface area contributed by atoms with E-state index in [1.54, 1.807) is 24.3 Å². The Morgan fingerprint density at radius 3 is 2.71 bits per heavy atom. The number of Topliss-reactive ketones (excluding diaryl/α,β-unsaturated/α-hetero) is 1. The molecule has 0 radical (unpaired) electrons. The number of ketones is 1. The van der Waals surface area contributed by atoms with Gasteiger partial charge in [0.05, 0.1) is 0 Å². The number of benzene rings is 1. The van der Waals surface area contributed by atoms with Crippen LogP contribution in [0.15, 0.2) is 24.3 Å². The number of rotatable bonds is 3. The summed E-state index contributed by atoms with van der Waals surface area (Å²) in [6.45, 7) is 1.43. The fourth-order valence-electron chi connectivity index (χ4n) is 1.97. The van der Waals surface area contributed by atoms with Crippen molar-refractivity contribution in [2.45, 2.75) is 25.8 Å². The van der Waals surface area contributed by atoms with E-state index < -0.39 is 18.0 Å². The van der Waals surface area contributed by atoms with Crippen molar-refractivity contribution < 1.29 is 19.2 Å². The van der Waals surface area contributed by atoms with Gasteiger partial charge in [0.25, 0.3) is 0 Å². The maximum atomic E-state index is 11.8. The number of carbonyl (C=O) groups is 4. The first-order valence-electron chi connectivity index (χ1n) is 6.48. The summed E-state index contributed by atoms with van der Waals surface area (Å²) in [5.74, 6) is -0.962. The minimum atomic E-state index is -0.737. The molecule has 1 aliphatic rings. The van der Waals surface area contributed by atoms with Crippen molar-refractivity contribution in [2.75, 3.05) is 5.32 Å². The van der Waals surface area contributed by atoms with Gasteiger partial charge in [0.2, 0.25) is 11.8 Å². The highest BCUT2D eigenvalue weighted by Gasteiger charge is 2.27. The zero-order valence-electron chi connectivity index (χ0n) is 11.4. The normalized spacial score (nSPS) is 17.9. The highest BCUT2D eigenvalue weighted by molar-refractivity contribution is 6.03. The number of hydrogen-bond donors (Lipinski definition) is 3. The van der Waals surface area contributed by atoms with Crippen molar-refractivity contribution in [1.82, 2.24) is 10.6 Å². The van der Waals surface area contributed by atoms with Crippen LogP contribution in [0.1, 0.15) is 30.1 Å². The Bertz CT molecular complexity index is 612. The first kappa shape index (κ1) is 14.7. The number of imide groups is 1. The second-order valence-electron chi connectivity index (χ2n) is 4.74. The van der Waals surface area contributed by atoms with E-state index in [1.165, 1.54) is 6.92 Å². The third kappa shape index (κ3) is 3.88. The molecule has 0 spiro atoms. The molecule has 0 saturated carbocycles. The second-order valence-corrected chi connectivity index (χ2v) is 4.74. The molecule has 0 bridgehead atoms. The van der Waals surface area contributed by atoms with Gasteiger partial charge < -0.3 is 10.6 Å². The van der Waals surface area contributed by atoms with Crippen LogP contribution in [0.5, 0.6) is 0 Å². The fraction of sp³-hybridized carbons (Fsp3) is 0.286. The second kappa shape index (κ2) is 6.17. The lowest BCUT2D eigenvalue weighted by molar-refractivity contribution is -0.134. The zero-order chi connectivity index (χ0) is 15.4. The summed E-state index contributed by atoms with van der Waals surface area (Å²) in [4.78, 5) is 45.6. The van der Waals surface area contributed by atoms with Crippen molar-refractivity contribution in [3.05, 3.63) is 29.8 Å². The zero-order valence-corrected chi connectivity index (χ0v) is 11.4. The van der Waals surface area contributed by atoms with Crippen molar-refractivity contribution in [1.29, 1.82) is 0 Å². The van der Waals surface area contributed by atoms with Crippen molar-refractivity contribution in [3.63, 3.8) is 0 Å². The van der Waals surface area contributed by atoms with Gasteiger partial charge in [-0.15, -0.1) is 0 Å². The summed E-state index contributed by atoms with van der Waals surface area (Å²) >= 11 is 0. The maximum absolute atomic E-state index is 11.8. The molecular formula is C14H15N3O4. The van der Waals surface area contributed by atoms with Gasteiger partial charge in [-0.25, -0.2) is 4.79 Å². The van der Waals surface area contributed by atoms with Gasteiger partial charge in [-0.2, -0.15) is 0 Å². The van der Waals surface area contributed by atoms with E-state index in [4.69, 9.17) is 0 Å². The average molecular weight is 289 g/mol. The Kier molecular flexibility index (Phi) is 4.32. The predicted molar refractivity (Wildman–Crippen MR) is 74.8 cm³/mol. The van der Waals surface area contributed by atoms with Gasteiger partial charge in [0.1, 0.15) is 6.04 Å². The summed E-state index contributed by atoms with van der Waals surface area (Å²) in [5, 5.41) is 7.19. The van der Waals surface area contributed by atoms with Crippen LogP contribution in [0.2, 0.25) is 0 Å². The highest BCUT2D eigenvalue weighted by atomic mass is 16.2. The molecule has 1 aromatic rings. The molecule has 1 heterocycles. The van der Waals surface area contributed by atoms with Gasteiger partial charge in [-0.05, 0) is 25.5 Å². The summed E-state index contributed by atoms with van der Waals surface area (Å²) in [6, 6.07) is 5.18. The SMILES string of the molecule is CC(=O)c1cccc(NC(=O)NC2CCC(=O)NC2=O)c1. The third-order valence-corrected chi connectivity index (χ3v) is 3.07. The minimum absolute atomic E-state index is 0.107. The average Bonchev–Trinajstić information content (AvgIpc) is 2.42. The summed E-state index contributed by atoms with van der Waals surface area (Å²) in [7, 11) is 0. The van der Waals surface area contributed by atoms with Crippen molar-refractivity contribution in [2.24, 2.45) is 0 Å². The first-order chi connectivity index (χ1) is 9.95. The van der Waals surface area contributed by atoms with Crippen LogP contribution in [0.3, 0.4) is 0 Å². The Hall–Kier alpha value is -2.70. The topological polar surface area (TPSA) is 104 Å². The number of hydrogen-bond acceptors (Lipinski definition) is 4. The molecule has 1 fully saturated rings. The molecule has 7 heteroatoms. The van der Waals surface area contributed by atoms with Crippen molar-refractivity contribution in [3.8, 4) is 0 Å². The van der Waals surface area contributed by atoms with Crippen LogP contribution in [-0.4, -0.2) is 29.7 Å². The van der Waals surface area contributed by atoms with Crippen LogP contribution in [-0.2, 0) is 9.59 Å². The molecule has 1 aromatic carbocycles. The lowest BCUT2D eigenvalue weighted by Gasteiger charge is -2.21. The van der Waals surface area contributed by atoms with Crippen LogP contribution in [0.25, 0.3) is 0 Å². The van der Waals surface area contributed by atoms with E-state index in [2.05, 4.69) is 16.0 Å². The lowest BCUT2D eigenvalue weighted by Crippen LogP contribution is -2.53. The molecule has 2 rings (SSSR count). The first-order valence-corrected chi connectivity index (χ1v) is 6.48. The van der Waals surface area contributed by atoms with Gasteiger partial charge >= 0.3 is 6.03 Å². The van der Waals surface area contributed by atoms with E-state index in [9.17, 15) is 19.2 Å². The Morgan fingerprint density at radius 1 is 1.29 bits per heavy atom. The van der Waals surface area contributed by atoms with Gasteiger partial charge in [0.15, 0.2) is 5.78 Å². The van der Waals surface area contributed by atoms with E-state index in [1.807, 2.05) is 0 Å². The monoisotopic (exact) mass is 289 g/mol. The molecule has 1 atom stereocenters. The summed E-state index contributed by atoms with van der Waals surface area (Å²) in [5.41, 5.74) is 0.932. The molecule has 21 heavy (non-hydrogen) atoms. The molecule has 1 unspecified atom stereocenters. The third-order valence-electron chi connectivity index (χ3n) is 3.07. The molecule has 110 valence electrons. The van der Waals surface area contributed by atoms with Crippen LogP contribution >= 0.6 is 0 Å². The minimum Gasteiger partial charge on any atom is -0.326 e. The van der Waals surface area contributed by atoms with Crippen LogP contribution in [0, 0.1) is 0 Å². The van der Waals surface area contributed by atoms with Crippen LogP contribution in [0.4, 0.5) is 10.5 Å². The Balaban J connectivity index is 1.95. The smallest absolute Gasteiger partial charge is 0.319 e. The standard InChI is InChI=1S/C14H15N3O4/c1-8(18)9-3-2-4-10(7-9)15-14(21)16-11-5-6-12(19)17-13(11)20/h2-4,7,11H,5-6H2,1H3,(H2,15,16,21)(H,17,19,20). The molecule has 4 amide bonds. The predicted octanol–water partition coefficient (Wildman–Crippen LogP) is 0.816. The Labute approximate surface area is 121 Å². The lowest BCUT2D eigenvalue weighted by atomic mass is 10.1. The van der Waals surface area contributed by atoms with E-state index in [-0.39, 0.29) is 24.5 Å². The summed E-state index contributed by atoms with van der Waals surface area (Å²) in [6.07, 6.45) is 0.460. The van der Waals surface area contributed by atoms with E-state index >= 15 is 0 Å². The quantitative estimate of drug-likeness (QED) is 0.566. The molecular weight excluding hydrogens is 274 g/mol. The Morgan fingerprint density at radius 2 is 2.05 bits per heavy atom. The van der Waals surface area contributed by atoms with E-state index in [0.29, 0.717) is 11.3 Å². The number of piperidine rings is 1. The molecule has 7 nitrogen and oxygen atoms in total. The molecule has 0 aliphatic carbocycles. The molecule has 3 N–H and O–H groups in total. The molecule has 0 aromatic heterocycles. The number of carbonyl (C=O) groups excluding carboxylic acids is 4. The number of amides is 4. The maximum Gasteiger partial charge on any atom is 0.319 e. The molecule has 1 saturated heterocycles. The van der Waals surface area contributed by atoms with Gasteiger partial charge in [-0.1, -0.05) is 12.1 Å². The number of urea groups is 1. The largest absolute Gasteiger partial charge is 0.326 e. The number of nitrogens with one attached hydrogen (secondary N) is 3. The van der Waals surface area contributed by atoms with E-state index in [0.717, 1.165) is 0 Å². The van der Waals surface area contributed by atoms with Gasteiger partial charge in [0, 0.05) is 17.7 Å². The fourth-order valence-corrected chi connectivity index (χ4v) is 1.97. The van der Waals surface area contributed by atoms with Crippen molar-refractivity contribution >= 4 is 29.3 Å². The van der Waals surface area contributed by atoms with Gasteiger partial charge in [-0.3, -0.25) is 19.7 Å².